The third-order valence-corrected chi connectivity index (χ3v) is 6.87. The maximum atomic E-state index is 13.4. The van der Waals surface area contributed by atoms with Gasteiger partial charge in [-0.15, -0.1) is 0 Å². The molecule has 0 bridgehead atoms. The minimum atomic E-state index is -0.875. The lowest BCUT2D eigenvalue weighted by Gasteiger charge is -2.27. The molecular formula is C31H44N4O5. The van der Waals surface area contributed by atoms with E-state index in [0.29, 0.717) is 31.9 Å². The van der Waals surface area contributed by atoms with Crippen molar-refractivity contribution in [1.29, 1.82) is 0 Å². The van der Waals surface area contributed by atoms with Gasteiger partial charge < -0.3 is 30.7 Å². The molecule has 2 aromatic carbocycles. The number of aliphatic hydroxyl groups excluding tert-OH is 1. The van der Waals surface area contributed by atoms with E-state index in [2.05, 4.69) is 16.0 Å². The maximum absolute atomic E-state index is 13.4. The van der Waals surface area contributed by atoms with Crippen LogP contribution in [0, 0.1) is 5.92 Å². The first-order valence-corrected chi connectivity index (χ1v) is 14.4. The van der Waals surface area contributed by atoms with Gasteiger partial charge in [0.15, 0.2) is 0 Å². The lowest BCUT2D eigenvalue weighted by atomic mass is 10.0. The van der Waals surface area contributed by atoms with Gasteiger partial charge in [0, 0.05) is 26.1 Å². The third kappa shape index (κ3) is 10.5. The van der Waals surface area contributed by atoms with Crippen LogP contribution >= 0.6 is 0 Å². The van der Waals surface area contributed by atoms with Gasteiger partial charge in [0.2, 0.25) is 11.8 Å². The summed E-state index contributed by atoms with van der Waals surface area (Å²) in [6, 6.07) is 15.4. The fourth-order valence-electron chi connectivity index (χ4n) is 4.70. The standard InChI is InChI=1S/C31H44N4O5/c1-23(2)20-27(34-31(39)35-17-8-3-4-9-18-35)30(38)33-28(29(37)32-16-19-36)21-24-12-14-26(15-13-24)40-22-25-10-6-5-7-11-25/h5-7,10-15,23,27-28,36H,3-4,8-9,16-22H2,1-2H3,(H,32,37)(H,33,38)(H,34,39). The van der Waals surface area contributed by atoms with Gasteiger partial charge in [0.05, 0.1) is 6.61 Å². The number of hydrogen-bond donors (Lipinski definition) is 4. The van der Waals surface area contributed by atoms with E-state index in [-0.39, 0.29) is 31.5 Å². The number of nitrogens with one attached hydrogen (secondary N) is 3. The van der Waals surface area contributed by atoms with Gasteiger partial charge in [-0.2, -0.15) is 0 Å². The number of benzene rings is 2. The zero-order valence-corrected chi connectivity index (χ0v) is 23.7. The van der Waals surface area contributed by atoms with E-state index in [0.717, 1.165) is 36.8 Å². The zero-order chi connectivity index (χ0) is 28.7. The Morgan fingerprint density at radius 2 is 1.52 bits per heavy atom. The smallest absolute Gasteiger partial charge is 0.318 e. The summed E-state index contributed by atoms with van der Waals surface area (Å²) in [4.78, 5) is 41.2. The fraction of sp³-hybridized carbons (Fsp3) is 0.516. The summed E-state index contributed by atoms with van der Waals surface area (Å²) < 4.78 is 5.86. The first kappa shape index (κ1) is 30.9. The summed E-state index contributed by atoms with van der Waals surface area (Å²) in [5.41, 5.74) is 1.90. The topological polar surface area (TPSA) is 120 Å². The van der Waals surface area contributed by atoms with E-state index in [4.69, 9.17) is 4.74 Å². The first-order valence-electron chi connectivity index (χ1n) is 14.4. The molecule has 2 aromatic rings. The summed E-state index contributed by atoms with van der Waals surface area (Å²) in [5.74, 6) is 0.0641. The normalized spacial score (nSPS) is 15.1. The van der Waals surface area contributed by atoms with Gasteiger partial charge in [-0.1, -0.05) is 69.2 Å². The molecule has 4 N–H and O–H groups in total. The average molecular weight is 553 g/mol. The van der Waals surface area contributed by atoms with Crippen LogP contribution in [-0.4, -0.2) is 66.2 Å². The number of rotatable bonds is 13. The minimum Gasteiger partial charge on any atom is -0.489 e. The monoisotopic (exact) mass is 552 g/mol. The van der Waals surface area contributed by atoms with E-state index >= 15 is 0 Å². The summed E-state index contributed by atoms with van der Waals surface area (Å²) >= 11 is 0. The molecule has 4 amide bonds. The van der Waals surface area contributed by atoms with Gasteiger partial charge in [-0.05, 0) is 48.4 Å². The van der Waals surface area contributed by atoms with Crippen molar-refractivity contribution in [3.8, 4) is 5.75 Å². The molecule has 1 saturated heterocycles. The summed E-state index contributed by atoms with van der Waals surface area (Å²) in [6.07, 6.45) is 4.81. The second-order valence-corrected chi connectivity index (χ2v) is 10.7. The summed E-state index contributed by atoms with van der Waals surface area (Å²) in [7, 11) is 0. The molecule has 0 aliphatic carbocycles. The quantitative estimate of drug-likeness (QED) is 0.304. The number of amides is 4. The molecule has 3 rings (SSSR count). The van der Waals surface area contributed by atoms with Crippen molar-refractivity contribution < 1.29 is 24.2 Å². The number of carbonyl (C=O) groups excluding carboxylic acids is 3. The molecule has 1 fully saturated rings. The van der Waals surface area contributed by atoms with Crippen molar-refractivity contribution in [2.24, 2.45) is 5.92 Å². The molecule has 1 aliphatic heterocycles. The highest BCUT2D eigenvalue weighted by Gasteiger charge is 2.29. The SMILES string of the molecule is CC(C)CC(NC(=O)N1CCCCCC1)C(=O)NC(Cc1ccc(OCc2ccccc2)cc1)C(=O)NCCO. The van der Waals surface area contributed by atoms with Crippen LogP contribution in [0.3, 0.4) is 0 Å². The molecule has 0 saturated carbocycles. The molecule has 40 heavy (non-hydrogen) atoms. The molecule has 2 unspecified atom stereocenters. The Kier molecular flexibility index (Phi) is 12.8. The third-order valence-electron chi connectivity index (χ3n) is 6.87. The van der Waals surface area contributed by atoms with Crippen molar-refractivity contribution in [2.45, 2.75) is 71.1 Å². The lowest BCUT2D eigenvalue weighted by molar-refractivity contribution is -0.130. The highest BCUT2D eigenvalue weighted by Crippen LogP contribution is 2.16. The number of hydrogen-bond acceptors (Lipinski definition) is 5. The number of ether oxygens (including phenoxy) is 1. The number of likely N-dealkylation sites (tertiary alicyclic amines) is 1. The predicted octanol–water partition coefficient (Wildman–Crippen LogP) is 3.40. The predicted molar refractivity (Wildman–Crippen MR) is 155 cm³/mol. The second kappa shape index (κ2) is 16.5. The van der Waals surface area contributed by atoms with Gasteiger partial charge in [-0.25, -0.2) is 4.79 Å². The van der Waals surface area contributed by atoms with Gasteiger partial charge in [0.1, 0.15) is 24.4 Å². The molecule has 218 valence electrons. The summed E-state index contributed by atoms with van der Waals surface area (Å²) in [5, 5.41) is 17.6. The average Bonchev–Trinajstić information content (AvgIpc) is 3.25. The van der Waals surface area contributed by atoms with Crippen LogP contribution in [0.5, 0.6) is 5.75 Å². The van der Waals surface area contributed by atoms with E-state index in [1.165, 1.54) is 0 Å². The molecule has 9 heteroatoms. The molecule has 0 radical (unpaired) electrons. The maximum Gasteiger partial charge on any atom is 0.318 e. The Morgan fingerprint density at radius 3 is 2.15 bits per heavy atom. The Bertz CT molecular complexity index is 1050. The molecule has 0 aromatic heterocycles. The van der Waals surface area contributed by atoms with Crippen LogP contribution in [0.4, 0.5) is 4.79 Å². The highest BCUT2D eigenvalue weighted by atomic mass is 16.5. The first-order chi connectivity index (χ1) is 19.4. The van der Waals surface area contributed by atoms with Crippen LogP contribution < -0.4 is 20.7 Å². The van der Waals surface area contributed by atoms with Crippen molar-refractivity contribution in [2.75, 3.05) is 26.2 Å². The van der Waals surface area contributed by atoms with Crippen molar-refractivity contribution >= 4 is 17.8 Å². The Labute approximate surface area is 237 Å². The highest BCUT2D eigenvalue weighted by molar-refractivity contribution is 5.92. The van der Waals surface area contributed by atoms with E-state index < -0.39 is 23.9 Å². The molecule has 0 spiro atoms. The van der Waals surface area contributed by atoms with Crippen molar-refractivity contribution in [3.63, 3.8) is 0 Å². The molecule has 9 nitrogen and oxygen atoms in total. The van der Waals surface area contributed by atoms with Crippen LogP contribution in [0.2, 0.25) is 0 Å². The minimum absolute atomic E-state index is 0.0819. The lowest BCUT2D eigenvalue weighted by Crippen LogP contribution is -2.56. The van der Waals surface area contributed by atoms with Gasteiger partial charge >= 0.3 is 6.03 Å². The van der Waals surface area contributed by atoms with Crippen LogP contribution in [-0.2, 0) is 22.6 Å². The van der Waals surface area contributed by atoms with E-state index in [1.807, 2.05) is 68.4 Å². The van der Waals surface area contributed by atoms with Gasteiger partial charge in [0.25, 0.3) is 0 Å². The van der Waals surface area contributed by atoms with Crippen molar-refractivity contribution in [3.05, 3.63) is 65.7 Å². The van der Waals surface area contributed by atoms with E-state index in [9.17, 15) is 19.5 Å². The zero-order valence-electron chi connectivity index (χ0n) is 23.7. The Morgan fingerprint density at radius 1 is 0.850 bits per heavy atom. The molecular weight excluding hydrogens is 508 g/mol. The molecule has 1 aliphatic rings. The number of nitrogens with zero attached hydrogens (tertiary/aromatic N) is 1. The van der Waals surface area contributed by atoms with Crippen molar-refractivity contribution in [1.82, 2.24) is 20.9 Å². The Hall–Kier alpha value is -3.59. The van der Waals surface area contributed by atoms with Gasteiger partial charge in [-0.3, -0.25) is 9.59 Å². The number of carbonyl (C=O) groups is 3. The van der Waals surface area contributed by atoms with Crippen LogP contribution in [0.1, 0.15) is 57.1 Å². The second-order valence-electron chi connectivity index (χ2n) is 10.7. The largest absolute Gasteiger partial charge is 0.489 e. The number of urea groups is 1. The molecule has 1 heterocycles. The van der Waals surface area contributed by atoms with Crippen LogP contribution in [0.15, 0.2) is 54.6 Å². The Balaban J connectivity index is 1.66. The molecule has 2 atom stereocenters. The van der Waals surface area contributed by atoms with E-state index in [1.54, 1.807) is 4.90 Å². The van der Waals surface area contributed by atoms with Crippen LogP contribution in [0.25, 0.3) is 0 Å². The summed E-state index contributed by atoms with van der Waals surface area (Å²) in [6.45, 7) is 5.66. The number of aliphatic hydroxyl groups is 1. The fourth-order valence-corrected chi connectivity index (χ4v) is 4.70.